The van der Waals surface area contributed by atoms with E-state index in [1.807, 2.05) is 0 Å². The molecule has 3 nitrogen and oxygen atoms in total. The predicted octanol–water partition coefficient (Wildman–Crippen LogP) is 3.01. The van der Waals surface area contributed by atoms with Gasteiger partial charge in [0.1, 0.15) is 0 Å². The first-order chi connectivity index (χ1) is 9.86. The smallest absolute Gasteiger partial charge is 0.383 e. The van der Waals surface area contributed by atoms with Crippen molar-refractivity contribution >= 4 is 17.5 Å². The van der Waals surface area contributed by atoms with Gasteiger partial charge in [-0.05, 0) is 24.1 Å². The zero-order valence-electron chi connectivity index (χ0n) is 11.5. The Hall–Kier alpha value is -1.27. The second-order valence-corrected chi connectivity index (χ2v) is 4.95. The lowest BCUT2D eigenvalue weighted by Gasteiger charge is -2.16. The first kappa shape index (κ1) is 17.8. The Balaban J connectivity index is 2.58. The van der Waals surface area contributed by atoms with E-state index in [0.29, 0.717) is 24.5 Å². The largest absolute Gasteiger partial charge is 0.416 e. The molecule has 0 aliphatic heterocycles. The second-order valence-electron chi connectivity index (χ2n) is 4.57. The van der Waals surface area contributed by atoms with E-state index in [9.17, 15) is 18.0 Å². The second kappa shape index (κ2) is 8.24. The zero-order chi connectivity index (χ0) is 15.9. The van der Waals surface area contributed by atoms with Crippen molar-refractivity contribution in [3.05, 3.63) is 35.4 Å². The quantitative estimate of drug-likeness (QED) is 0.783. The summed E-state index contributed by atoms with van der Waals surface area (Å²) in [6.07, 6.45) is -3.79. The van der Waals surface area contributed by atoms with Crippen LogP contribution in [0.5, 0.6) is 0 Å². The van der Waals surface area contributed by atoms with Gasteiger partial charge in [-0.25, -0.2) is 0 Å². The first-order valence-corrected chi connectivity index (χ1v) is 6.90. The van der Waals surface area contributed by atoms with Crippen LogP contribution in [0, 0.1) is 0 Å². The summed E-state index contributed by atoms with van der Waals surface area (Å²) in [6.45, 7) is 0.339. The maximum absolute atomic E-state index is 12.4. The van der Waals surface area contributed by atoms with E-state index < -0.39 is 11.7 Å². The Morgan fingerprint density at radius 3 is 2.43 bits per heavy atom. The minimum Gasteiger partial charge on any atom is -0.383 e. The van der Waals surface area contributed by atoms with Crippen molar-refractivity contribution in [2.45, 2.75) is 25.1 Å². The van der Waals surface area contributed by atoms with E-state index in [1.165, 1.54) is 19.2 Å². The van der Waals surface area contributed by atoms with Crippen LogP contribution >= 0.6 is 11.6 Å². The van der Waals surface area contributed by atoms with E-state index in [1.54, 1.807) is 0 Å². The molecule has 0 bridgehead atoms. The summed E-state index contributed by atoms with van der Waals surface area (Å²) < 4.78 is 42.2. The fraction of sp³-hybridized carbons (Fsp3) is 0.500. The number of alkyl halides is 4. The van der Waals surface area contributed by atoms with Crippen molar-refractivity contribution in [3.8, 4) is 0 Å². The minimum absolute atomic E-state index is 0.0145. The third-order valence-corrected chi connectivity index (χ3v) is 3.05. The van der Waals surface area contributed by atoms with E-state index in [0.717, 1.165) is 12.1 Å². The zero-order valence-corrected chi connectivity index (χ0v) is 12.3. The Morgan fingerprint density at radius 2 is 1.95 bits per heavy atom. The normalized spacial score (nSPS) is 13.0. The lowest BCUT2D eigenvalue weighted by Crippen LogP contribution is -2.39. The number of carbonyl (C=O) groups excluding carboxylic acids is 1. The molecule has 0 heterocycles. The highest BCUT2D eigenvalue weighted by Crippen LogP contribution is 2.29. The molecule has 7 heteroatoms. The van der Waals surface area contributed by atoms with Crippen molar-refractivity contribution in [2.24, 2.45) is 0 Å². The number of halogens is 4. The predicted molar refractivity (Wildman–Crippen MR) is 74.3 cm³/mol. The number of benzene rings is 1. The van der Waals surface area contributed by atoms with Crippen molar-refractivity contribution in [1.29, 1.82) is 0 Å². The monoisotopic (exact) mass is 323 g/mol. The fourth-order valence-electron chi connectivity index (χ4n) is 1.81. The standard InChI is InChI=1S/C14H17ClF3NO2/c1-21-9-12(6-7-15)19-13(20)8-10-2-4-11(5-3-10)14(16,17)18/h2-5,12H,6-9H2,1H3,(H,19,20). The number of ether oxygens (including phenoxy) is 1. The molecular formula is C14H17ClF3NO2. The lowest BCUT2D eigenvalue weighted by atomic mass is 10.1. The number of amides is 1. The van der Waals surface area contributed by atoms with Crippen LogP contribution in [0.1, 0.15) is 17.5 Å². The van der Waals surface area contributed by atoms with Gasteiger partial charge in [0.05, 0.1) is 24.6 Å². The SMILES string of the molecule is COCC(CCCl)NC(=O)Cc1ccc(C(F)(F)F)cc1. The van der Waals surface area contributed by atoms with Gasteiger partial charge in [-0.15, -0.1) is 11.6 Å². The van der Waals surface area contributed by atoms with Crippen LogP contribution in [-0.4, -0.2) is 31.5 Å². The average molecular weight is 324 g/mol. The maximum Gasteiger partial charge on any atom is 0.416 e. The fourth-order valence-corrected chi connectivity index (χ4v) is 2.07. The Bertz CT molecular complexity index is 443. The molecule has 0 radical (unpaired) electrons. The third-order valence-electron chi connectivity index (χ3n) is 2.84. The molecule has 1 aromatic carbocycles. The lowest BCUT2D eigenvalue weighted by molar-refractivity contribution is -0.137. The van der Waals surface area contributed by atoms with Crippen LogP contribution < -0.4 is 5.32 Å². The van der Waals surface area contributed by atoms with Crippen LogP contribution in [0.15, 0.2) is 24.3 Å². The summed E-state index contributed by atoms with van der Waals surface area (Å²) in [5.41, 5.74) is -0.214. The molecule has 1 N–H and O–H groups in total. The van der Waals surface area contributed by atoms with Crippen molar-refractivity contribution in [1.82, 2.24) is 5.32 Å². The van der Waals surface area contributed by atoms with E-state index in [-0.39, 0.29) is 18.4 Å². The van der Waals surface area contributed by atoms with E-state index >= 15 is 0 Å². The Kier molecular flexibility index (Phi) is 6.98. The average Bonchev–Trinajstić information content (AvgIpc) is 2.38. The molecule has 0 aliphatic carbocycles. The maximum atomic E-state index is 12.4. The number of methoxy groups -OCH3 is 1. The van der Waals surface area contributed by atoms with Crippen molar-refractivity contribution in [2.75, 3.05) is 19.6 Å². The number of nitrogens with one attached hydrogen (secondary N) is 1. The van der Waals surface area contributed by atoms with Gasteiger partial charge in [-0.1, -0.05) is 12.1 Å². The molecule has 0 saturated heterocycles. The molecule has 21 heavy (non-hydrogen) atoms. The molecule has 0 fully saturated rings. The Labute approximate surface area is 126 Å². The van der Waals surface area contributed by atoms with Gasteiger partial charge >= 0.3 is 6.18 Å². The summed E-state index contributed by atoms with van der Waals surface area (Å²) in [5, 5.41) is 2.74. The van der Waals surface area contributed by atoms with Gasteiger partial charge < -0.3 is 10.1 Å². The molecule has 0 saturated carbocycles. The number of carbonyl (C=O) groups is 1. The van der Waals surface area contributed by atoms with E-state index in [2.05, 4.69) is 5.32 Å². The van der Waals surface area contributed by atoms with Crippen LogP contribution in [0.3, 0.4) is 0 Å². The van der Waals surface area contributed by atoms with Gasteiger partial charge in [0, 0.05) is 13.0 Å². The first-order valence-electron chi connectivity index (χ1n) is 6.37. The molecule has 1 unspecified atom stereocenters. The molecule has 118 valence electrons. The van der Waals surface area contributed by atoms with Crippen LogP contribution in [0.4, 0.5) is 13.2 Å². The van der Waals surface area contributed by atoms with Crippen LogP contribution in [0.2, 0.25) is 0 Å². The summed E-state index contributed by atoms with van der Waals surface area (Å²) in [4.78, 5) is 11.8. The number of rotatable bonds is 7. The molecule has 0 spiro atoms. The molecular weight excluding hydrogens is 307 g/mol. The molecule has 1 atom stereocenters. The summed E-state index contributed by atoms with van der Waals surface area (Å²) in [7, 11) is 1.52. The van der Waals surface area contributed by atoms with Crippen LogP contribution in [0.25, 0.3) is 0 Å². The Morgan fingerprint density at radius 1 is 1.33 bits per heavy atom. The number of hydrogen-bond acceptors (Lipinski definition) is 2. The van der Waals surface area contributed by atoms with Crippen molar-refractivity contribution < 1.29 is 22.7 Å². The van der Waals surface area contributed by atoms with Gasteiger partial charge in [-0.2, -0.15) is 13.2 Å². The number of hydrogen-bond donors (Lipinski definition) is 1. The topological polar surface area (TPSA) is 38.3 Å². The summed E-state index contributed by atoms with van der Waals surface area (Å²) in [5.74, 6) is 0.108. The van der Waals surface area contributed by atoms with Gasteiger partial charge in [-0.3, -0.25) is 4.79 Å². The van der Waals surface area contributed by atoms with E-state index in [4.69, 9.17) is 16.3 Å². The van der Waals surface area contributed by atoms with Crippen molar-refractivity contribution in [3.63, 3.8) is 0 Å². The van der Waals surface area contributed by atoms with Gasteiger partial charge in [0.15, 0.2) is 0 Å². The highest BCUT2D eigenvalue weighted by molar-refractivity contribution is 6.17. The summed E-state index contributed by atoms with van der Waals surface area (Å²) >= 11 is 5.62. The molecule has 1 aromatic rings. The third kappa shape index (κ3) is 6.35. The molecule has 0 aliphatic rings. The van der Waals surface area contributed by atoms with Gasteiger partial charge in [0.25, 0.3) is 0 Å². The highest BCUT2D eigenvalue weighted by Gasteiger charge is 2.29. The molecule has 1 rings (SSSR count). The highest BCUT2D eigenvalue weighted by atomic mass is 35.5. The molecule has 1 amide bonds. The van der Waals surface area contributed by atoms with Crippen LogP contribution in [-0.2, 0) is 22.1 Å². The molecule has 0 aromatic heterocycles. The minimum atomic E-state index is -4.37. The summed E-state index contributed by atoms with van der Waals surface area (Å²) in [6, 6.07) is 4.33. The van der Waals surface area contributed by atoms with Gasteiger partial charge in [0.2, 0.25) is 5.91 Å².